The third-order valence-electron chi connectivity index (χ3n) is 2.92. The van der Waals surface area contributed by atoms with E-state index in [1.54, 1.807) is 6.92 Å². The van der Waals surface area contributed by atoms with Gasteiger partial charge in [0.05, 0.1) is 11.3 Å². The summed E-state index contributed by atoms with van der Waals surface area (Å²) in [5.74, 6) is -1.14. The lowest BCUT2D eigenvalue weighted by molar-refractivity contribution is -0.143. The Hall–Kier alpha value is -2.26. The molecule has 0 bridgehead atoms. The van der Waals surface area contributed by atoms with Gasteiger partial charge < -0.3 is 15.7 Å². The summed E-state index contributed by atoms with van der Waals surface area (Å²) in [6.45, 7) is 3.05. The van der Waals surface area contributed by atoms with Gasteiger partial charge in [0.15, 0.2) is 0 Å². The van der Waals surface area contributed by atoms with Gasteiger partial charge >= 0.3 is 12.0 Å². The summed E-state index contributed by atoms with van der Waals surface area (Å²) in [7, 11) is 0. The summed E-state index contributed by atoms with van der Waals surface area (Å²) in [5, 5.41) is 23.2. The van der Waals surface area contributed by atoms with Crippen LogP contribution in [0.15, 0.2) is 18.2 Å². The Bertz CT molecular complexity index is 583. The number of nitrogens with zero attached hydrogens (tertiary/aromatic N) is 1. The molecule has 1 unspecified atom stereocenters. The third kappa shape index (κ3) is 3.62. The first-order chi connectivity index (χ1) is 9.32. The van der Waals surface area contributed by atoms with Crippen LogP contribution in [-0.2, 0) is 4.79 Å². The fourth-order valence-electron chi connectivity index (χ4n) is 1.41. The molecule has 0 heterocycles. The zero-order valence-corrected chi connectivity index (χ0v) is 11.8. The SMILES string of the molecule is CCC(C)(NC(=O)Nc1cc(Cl)ccc1C#N)C(=O)O. The molecule has 0 spiro atoms. The van der Waals surface area contributed by atoms with Crippen molar-refractivity contribution >= 4 is 29.3 Å². The van der Waals surface area contributed by atoms with Gasteiger partial charge in [0, 0.05) is 5.02 Å². The van der Waals surface area contributed by atoms with Crippen molar-refractivity contribution in [3.63, 3.8) is 0 Å². The van der Waals surface area contributed by atoms with Crippen molar-refractivity contribution in [2.75, 3.05) is 5.32 Å². The molecule has 1 rings (SSSR count). The van der Waals surface area contributed by atoms with Gasteiger partial charge in [-0.15, -0.1) is 0 Å². The first-order valence-electron chi connectivity index (χ1n) is 5.84. The molecule has 1 aromatic rings. The van der Waals surface area contributed by atoms with Gasteiger partial charge in [-0.25, -0.2) is 9.59 Å². The van der Waals surface area contributed by atoms with Gasteiger partial charge in [-0.2, -0.15) is 5.26 Å². The molecule has 3 N–H and O–H groups in total. The number of hydrogen-bond acceptors (Lipinski definition) is 3. The Morgan fingerprint density at radius 1 is 1.50 bits per heavy atom. The van der Waals surface area contributed by atoms with E-state index in [2.05, 4.69) is 10.6 Å². The van der Waals surface area contributed by atoms with Crippen LogP contribution in [0.2, 0.25) is 5.02 Å². The fourth-order valence-corrected chi connectivity index (χ4v) is 1.59. The molecular formula is C13H14ClN3O3. The predicted octanol–water partition coefficient (Wildman–Crippen LogP) is 2.59. The van der Waals surface area contributed by atoms with Gasteiger partial charge in [-0.05, 0) is 31.5 Å². The molecule has 7 heteroatoms. The number of aliphatic carboxylic acids is 1. The van der Waals surface area contributed by atoms with Crippen LogP contribution in [-0.4, -0.2) is 22.6 Å². The van der Waals surface area contributed by atoms with E-state index in [9.17, 15) is 9.59 Å². The van der Waals surface area contributed by atoms with Crippen LogP contribution in [0.25, 0.3) is 0 Å². The first kappa shape index (κ1) is 15.8. The molecular weight excluding hydrogens is 282 g/mol. The van der Waals surface area contributed by atoms with Crippen molar-refractivity contribution in [2.45, 2.75) is 25.8 Å². The number of carbonyl (C=O) groups excluding carboxylic acids is 1. The van der Waals surface area contributed by atoms with Crippen molar-refractivity contribution in [1.29, 1.82) is 5.26 Å². The first-order valence-corrected chi connectivity index (χ1v) is 6.22. The second kappa shape index (κ2) is 6.26. The van der Waals surface area contributed by atoms with Crippen LogP contribution >= 0.6 is 11.6 Å². The molecule has 0 aliphatic heterocycles. The second-order valence-electron chi connectivity index (χ2n) is 4.37. The van der Waals surface area contributed by atoms with Gasteiger partial charge in [0.25, 0.3) is 0 Å². The minimum absolute atomic E-state index is 0.219. The molecule has 0 aromatic heterocycles. The number of rotatable bonds is 4. The number of hydrogen-bond donors (Lipinski definition) is 3. The highest BCUT2D eigenvalue weighted by atomic mass is 35.5. The Balaban J connectivity index is 2.90. The number of benzene rings is 1. The van der Waals surface area contributed by atoms with Crippen LogP contribution < -0.4 is 10.6 Å². The largest absolute Gasteiger partial charge is 0.480 e. The van der Waals surface area contributed by atoms with E-state index in [0.29, 0.717) is 5.02 Å². The summed E-state index contributed by atoms with van der Waals surface area (Å²) >= 11 is 5.79. The van der Waals surface area contributed by atoms with E-state index in [4.69, 9.17) is 22.0 Å². The van der Waals surface area contributed by atoms with Crippen molar-refractivity contribution < 1.29 is 14.7 Å². The normalized spacial score (nSPS) is 12.9. The molecule has 0 aliphatic carbocycles. The van der Waals surface area contributed by atoms with E-state index >= 15 is 0 Å². The quantitative estimate of drug-likeness (QED) is 0.794. The maximum Gasteiger partial charge on any atom is 0.329 e. The monoisotopic (exact) mass is 295 g/mol. The molecule has 6 nitrogen and oxygen atoms in total. The summed E-state index contributed by atoms with van der Waals surface area (Å²) in [6.07, 6.45) is 0.219. The van der Waals surface area contributed by atoms with Crippen LogP contribution in [0.3, 0.4) is 0 Å². The molecule has 1 atom stereocenters. The Kier molecular flexibility index (Phi) is 4.94. The molecule has 0 radical (unpaired) electrons. The molecule has 0 saturated carbocycles. The maximum atomic E-state index is 11.8. The lowest BCUT2D eigenvalue weighted by Crippen LogP contribution is -2.53. The summed E-state index contributed by atoms with van der Waals surface area (Å²) in [4.78, 5) is 22.9. The average molecular weight is 296 g/mol. The number of urea groups is 1. The number of amides is 2. The molecule has 2 amide bonds. The van der Waals surface area contributed by atoms with Gasteiger partial charge in [-0.1, -0.05) is 18.5 Å². The van der Waals surface area contributed by atoms with E-state index in [1.807, 2.05) is 6.07 Å². The topological polar surface area (TPSA) is 102 Å². The van der Waals surface area contributed by atoms with E-state index in [1.165, 1.54) is 25.1 Å². The van der Waals surface area contributed by atoms with Crippen molar-refractivity contribution in [2.24, 2.45) is 0 Å². The highest BCUT2D eigenvalue weighted by Gasteiger charge is 2.32. The van der Waals surface area contributed by atoms with Crippen molar-refractivity contribution in [1.82, 2.24) is 5.32 Å². The van der Waals surface area contributed by atoms with Crippen molar-refractivity contribution in [3.8, 4) is 6.07 Å². The standard InChI is InChI=1S/C13H14ClN3O3/c1-3-13(2,11(18)19)17-12(20)16-10-6-9(14)5-4-8(10)7-15/h4-6H,3H2,1-2H3,(H,18,19)(H2,16,17,20). The Morgan fingerprint density at radius 2 is 2.15 bits per heavy atom. The lowest BCUT2D eigenvalue weighted by Gasteiger charge is -2.24. The molecule has 106 valence electrons. The summed E-state index contributed by atoms with van der Waals surface area (Å²) in [5.41, 5.74) is -0.922. The number of nitrogens with one attached hydrogen (secondary N) is 2. The zero-order valence-electron chi connectivity index (χ0n) is 11.0. The van der Waals surface area contributed by atoms with Crippen LogP contribution in [0.4, 0.5) is 10.5 Å². The average Bonchev–Trinajstić information content (AvgIpc) is 2.38. The van der Waals surface area contributed by atoms with Crippen LogP contribution in [0, 0.1) is 11.3 Å². The molecule has 20 heavy (non-hydrogen) atoms. The maximum absolute atomic E-state index is 11.8. The fraction of sp³-hybridized carbons (Fsp3) is 0.308. The second-order valence-corrected chi connectivity index (χ2v) is 4.81. The predicted molar refractivity (Wildman–Crippen MR) is 74.7 cm³/mol. The zero-order chi connectivity index (χ0) is 15.3. The number of carboxylic acids is 1. The van der Waals surface area contributed by atoms with E-state index in [0.717, 1.165) is 0 Å². The van der Waals surface area contributed by atoms with E-state index in [-0.39, 0.29) is 17.7 Å². The number of halogens is 1. The van der Waals surface area contributed by atoms with Gasteiger partial charge in [-0.3, -0.25) is 0 Å². The highest BCUT2D eigenvalue weighted by Crippen LogP contribution is 2.20. The van der Waals surface area contributed by atoms with Crippen LogP contribution in [0.5, 0.6) is 0 Å². The third-order valence-corrected chi connectivity index (χ3v) is 3.15. The molecule has 0 saturated heterocycles. The lowest BCUT2D eigenvalue weighted by atomic mass is 10.00. The van der Waals surface area contributed by atoms with Gasteiger partial charge in [0.2, 0.25) is 0 Å². The number of carboxylic acid groups (broad SMARTS) is 1. The summed E-state index contributed by atoms with van der Waals surface area (Å²) in [6, 6.07) is 5.61. The molecule has 0 aliphatic rings. The Morgan fingerprint density at radius 3 is 2.65 bits per heavy atom. The van der Waals surface area contributed by atoms with E-state index < -0.39 is 17.5 Å². The van der Waals surface area contributed by atoms with Gasteiger partial charge in [0.1, 0.15) is 11.6 Å². The van der Waals surface area contributed by atoms with Crippen molar-refractivity contribution in [3.05, 3.63) is 28.8 Å². The minimum atomic E-state index is -1.38. The molecule has 1 aromatic carbocycles. The summed E-state index contributed by atoms with van der Waals surface area (Å²) < 4.78 is 0. The minimum Gasteiger partial charge on any atom is -0.480 e. The number of anilines is 1. The number of nitriles is 1. The Labute approximate surface area is 121 Å². The highest BCUT2D eigenvalue weighted by molar-refractivity contribution is 6.31. The smallest absolute Gasteiger partial charge is 0.329 e. The number of carbonyl (C=O) groups is 2. The van der Waals surface area contributed by atoms with Crippen LogP contribution in [0.1, 0.15) is 25.8 Å². The molecule has 0 fully saturated rings.